The zero-order valence-electron chi connectivity index (χ0n) is 8.60. The van der Waals surface area contributed by atoms with Crippen LogP contribution in [0.5, 0.6) is 0 Å². The summed E-state index contributed by atoms with van der Waals surface area (Å²) in [6.45, 7) is 1.96. The molecule has 0 bridgehead atoms. The maximum Gasteiger partial charge on any atom is 0.349 e. The summed E-state index contributed by atoms with van der Waals surface area (Å²) in [5, 5.41) is 8.87. The van der Waals surface area contributed by atoms with E-state index in [1.54, 1.807) is 0 Å². The maximum absolute atomic E-state index is 10.8. The molecular weight excluding hydrogens is 224 g/mol. The minimum atomic E-state index is -1.03. The summed E-state index contributed by atoms with van der Waals surface area (Å²) in [5.74, 6) is -1.03. The van der Waals surface area contributed by atoms with Gasteiger partial charge in [0.05, 0.1) is 5.69 Å². The number of carboxylic acid groups (broad SMARTS) is 1. The number of carbonyl (C=O) groups is 1. The monoisotopic (exact) mass is 234 g/mol. The predicted octanol–water partition coefficient (Wildman–Crippen LogP) is 2.40. The van der Waals surface area contributed by atoms with E-state index >= 15 is 0 Å². The van der Waals surface area contributed by atoms with Crippen LogP contribution < -0.4 is 5.73 Å². The number of nitrogens with two attached hydrogens (primary N) is 1. The lowest BCUT2D eigenvalue weighted by Crippen LogP contribution is -1.98. The van der Waals surface area contributed by atoms with Gasteiger partial charge in [-0.3, -0.25) is 0 Å². The highest BCUT2D eigenvalue weighted by molar-refractivity contribution is 7.09. The number of aromatic carboxylic acids is 1. The van der Waals surface area contributed by atoms with Gasteiger partial charge in [0.15, 0.2) is 4.88 Å². The highest BCUT2D eigenvalue weighted by Crippen LogP contribution is 2.30. The quantitative estimate of drug-likeness (QED) is 0.836. The second-order valence-corrected chi connectivity index (χ2v) is 4.22. The molecule has 5 heteroatoms. The molecule has 82 valence electrons. The van der Waals surface area contributed by atoms with Crippen molar-refractivity contribution >= 4 is 23.2 Å². The fourth-order valence-corrected chi connectivity index (χ4v) is 2.11. The Morgan fingerprint density at radius 2 is 2.25 bits per heavy atom. The molecule has 1 heterocycles. The van der Waals surface area contributed by atoms with Gasteiger partial charge in [-0.05, 0) is 24.5 Å². The SMILES string of the molecule is Cc1cccc(-c2nsc(C(=O)O)c2N)c1. The van der Waals surface area contributed by atoms with Gasteiger partial charge < -0.3 is 10.8 Å². The van der Waals surface area contributed by atoms with Gasteiger partial charge in [-0.15, -0.1) is 0 Å². The molecule has 3 N–H and O–H groups in total. The number of carboxylic acids is 1. The van der Waals surface area contributed by atoms with Crippen LogP contribution in [-0.4, -0.2) is 15.4 Å². The van der Waals surface area contributed by atoms with Crippen LogP contribution in [0, 0.1) is 6.92 Å². The Hall–Kier alpha value is -1.88. The molecule has 1 aromatic heterocycles. The fourth-order valence-electron chi connectivity index (χ4n) is 1.45. The minimum absolute atomic E-state index is 0.0940. The van der Waals surface area contributed by atoms with Crippen molar-refractivity contribution in [2.75, 3.05) is 5.73 Å². The summed E-state index contributed by atoms with van der Waals surface area (Å²) < 4.78 is 4.08. The molecule has 0 atom stereocenters. The first-order valence-electron chi connectivity index (χ1n) is 4.65. The van der Waals surface area contributed by atoms with Crippen molar-refractivity contribution in [3.8, 4) is 11.3 Å². The number of hydrogen-bond donors (Lipinski definition) is 2. The molecule has 0 aliphatic carbocycles. The molecule has 0 saturated heterocycles. The molecule has 0 fully saturated rings. The molecule has 0 saturated carbocycles. The summed E-state index contributed by atoms with van der Waals surface area (Å²) in [7, 11) is 0. The molecule has 0 amide bonds. The second kappa shape index (κ2) is 3.94. The standard InChI is InChI=1S/C11H10N2O2S/c1-6-3-2-4-7(5-6)9-8(12)10(11(14)15)16-13-9/h2-5H,12H2,1H3,(H,14,15). The first-order chi connectivity index (χ1) is 7.59. The van der Waals surface area contributed by atoms with Crippen LogP contribution >= 0.6 is 11.5 Å². The van der Waals surface area contributed by atoms with Gasteiger partial charge in [0, 0.05) is 5.56 Å². The Morgan fingerprint density at radius 1 is 1.50 bits per heavy atom. The fraction of sp³-hybridized carbons (Fsp3) is 0.0909. The van der Waals surface area contributed by atoms with E-state index in [9.17, 15) is 4.79 Å². The zero-order valence-corrected chi connectivity index (χ0v) is 9.41. The Labute approximate surface area is 96.5 Å². The summed E-state index contributed by atoms with van der Waals surface area (Å²) >= 11 is 0.910. The molecule has 0 aliphatic rings. The van der Waals surface area contributed by atoms with Gasteiger partial charge in [-0.25, -0.2) is 4.79 Å². The first kappa shape index (κ1) is 10.6. The van der Waals surface area contributed by atoms with Crippen LogP contribution in [0.3, 0.4) is 0 Å². The first-order valence-corrected chi connectivity index (χ1v) is 5.42. The number of hydrogen-bond acceptors (Lipinski definition) is 4. The van der Waals surface area contributed by atoms with Crippen molar-refractivity contribution in [2.24, 2.45) is 0 Å². The molecule has 16 heavy (non-hydrogen) atoms. The molecule has 2 aromatic rings. The number of nitrogen functional groups attached to an aromatic ring is 1. The van der Waals surface area contributed by atoms with Gasteiger partial charge in [-0.2, -0.15) is 4.37 Å². The Morgan fingerprint density at radius 3 is 2.81 bits per heavy atom. The van der Waals surface area contributed by atoms with Crippen molar-refractivity contribution in [1.29, 1.82) is 0 Å². The number of benzene rings is 1. The van der Waals surface area contributed by atoms with Gasteiger partial charge in [0.2, 0.25) is 0 Å². The van der Waals surface area contributed by atoms with E-state index in [1.165, 1.54) is 0 Å². The molecule has 4 nitrogen and oxygen atoms in total. The number of rotatable bonds is 2. The summed E-state index contributed by atoms with van der Waals surface area (Å²) in [6, 6.07) is 7.65. The molecule has 0 aliphatic heterocycles. The van der Waals surface area contributed by atoms with E-state index in [4.69, 9.17) is 10.8 Å². The smallest absolute Gasteiger partial charge is 0.349 e. The van der Waals surface area contributed by atoms with Crippen molar-refractivity contribution in [3.63, 3.8) is 0 Å². The van der Waals surface area contributed by atoms with Crippen molar-refractivity contribution in [1.82, 2.24) is 4.37 Å². The summed E-state index contributed by atoms with van der Waals surface area (Å²) in [5.41, 5.74) is 8.47. The van der Waals surface area contributed by atoms with E-state index in [0.29, 0.717) is 5.69 Å². The average molecular weight is 234 g/mol. The van der Waals surface area contributed by atoms with E-state index < -0.39 is 5.97 Å². The van der Waals surface area contributed by atoms with E-state index in [1.807, 2.05) is 31.2 Å². The zero-order chi connectivity index (χ0) is 11.7. The average Bonchev–Trinajstić information content (AvgIpc) is 2.60. The lowest BCUT2D eigenvalue weighted by molar-refractivity contribution is 0.0703. The third-order valence-corrected chi connectivity index (χ3v) is 3.06. The molecule has 0 radical (unpaired) electrons. The summed E-state index contributed by atoms with van der Waals surface area (Å²) in [4.78, 5) is 10.9. The van der Waals surface area contributed by atoms with Crippen LogP contribution in [0.1, 0.15) is 15.2 Å². The largest absolute Gasteiger partial charge is 0.477 e. The van der Waals surface area contributed by atoms with E-state index in [0.717, 1.165) is 22.7 Å². The molecule has 1 aromatic carbocycles. The highest BCUT2D eigenvalue weighted by atomic mass is 32.1. The van der Waals surface area contributed by atoms with Gasteiger partial charge in [0.25, 0.3) is 0 Å². The number of nitrogens with zero attached hydrogens (tertiary/aromatic N) is 1. The van der Waals surface area contributed by atoms with Crippen molar-refractivity contribution in [3.05, 3.63) is 34.7 Å². The Balaban J connectivity index is 2.53. The Kier molecular flexibility index (Phi) is 2.62. The third kappa shape index (κ3) is 1.77. The van der Waals surface area contributed by atoms with Crippen LogP contribution in [0.2, 0.25) is 0 Å². The predicted molar refractivity (Wildman–Crippen MR) is 63.7 cm³/mol. The molecular formula is C11H10N2O2S. The highest BCUT2D eigenvalue weighted by Gasteiger charge is 2.17. The number of aryl methyl sites for hydroxylation is 1. The van der Waals surface area contributed by atoms with Gasteiger partial charge in [-0.1, -0.05) is 23.8 Å². The molecule has 0 unspecified atom stereocenters. The Bertz CT molecular complexity index is 549. The third-order valence-electron chi connectivity index (χ3n) is 2.21. The van der Waals surface area contributed by atoms with E-state index in [2.05, 4.69) is 4.37 Å². The lowest BCUT2D eigenvalue weighted by Gasteiger charge is -2.00. The van der Waals surface area contributed by atoms with Crippen molar-refractivity contribution < 1.29 is 9.90 Å². The van der Waals surface area contributed by atoms with Crippen LogP contribution in [-0.2, 0) is 0 Å². The van der Waals surface area contributed by atoms with Crippen LogP contribution in [0.4, 0.5) is 5.69 Å². The molecule has 2 rings (SSSR count). The van der Waals surface area contributed by atoms with Crippen LogP contribution in [0.15, 0.2) is 24.3 Å². The minimum Gasteiger partial charge on any atom is -0.477 e. The topological polar surface area (TPSA) is 76.2 Å². The van der Waals surface area contributed by atoms with Crippen molar-refractivity contribution in [2.45, 2.75) is 6.92 Å². The number of anilines is 1. The van der Waals surface area contributed by atoms with Crippen LogP contribution in [0.25, 0.3) is 11.3 Å². The van der Waals surface area contributed by atoms with Gasteiger partial charge in [0.1, 0.15) is 5.69 Å². The normalized spacial score (nSPS) is 10.3. The molecule has 0 spiro atoms. The maximum atomic E-state index is 10.8. The lowest BCUT2D eigenvalue weighted by atomic mass is 10.1. The van der Waals surface area contributed by atoms with Gasteiger partial charge >= 0.3 is 5.97 Å². The van der Waals surface area contributed by atoms with E-state index in [-0.39, 0.29) is 10.6 Å². The number of aromatic nitrogens is 1. The summed E-state index contributed by atoms with van der Waals surface area (Å²) in [6.07, 6.45) is 0. The second-order valence-electron chi connectivity index (χ2n) is 3.45.